The zero-order valence-corrected chi connectivity index (χ0v) is 11.3. The molecule has 2 aromatic rings. The normalized spacial score (nSPS) is 11.6. The molecule has 0 aliphatic rings. The zero-order chi connectivity index (χ0) is 13.7. The first-order valence-corrected chi connectivity index (χ1v) is 6.49. The molecule has 0 spiro atoms. The number of benzene rings is 2. The van der Waals surface area contributed by atoms with Crippen LogP contribution in [0.25, 0.3) is 10.8 Å². The Morgan fingerprint density at radius 3 is 2.68 bits per heavy atom. The number of nitrogens with zero attached hydrogens (tertiary/aromatic N) is 1. The number of fused-ring (bicyclic) bond motifs is 1. The lowest BCUT2D eigenvalue weighted by atomic mass is 10.0. The van der Waals surface area contributed by atoms with Crippen molar-refractivity contribution < 1.29 is 4.79 Å². The minimum atomic E-state index is -0.0795. The van der Waals surface area contributed by atoms with E-state index in [9.17, 15) is 4.79 Å². The Hall–Kier alpha value is -2.16. The smallest absolute Gasteiger partial charge is 0.244 e. The fourth-order valence-corrected chi connectivity index (χ4v) is 1.90. The lowest BCUT2D eigenvalue weighted by Gasteiger charge is -2.06. The number of carbonyl (C=O) groups excluding carboxylic acids is 1. The summed E-state index contributed by atoms with van der Waals surface area (Å²) in [5.41, 5.74) is 4.55. The summed E-state index contributed by atoms with van der Waals surface area (Å²) in [6.45, 7) is 3.91. The van der Waals surface area contributed by atoms with E-state index in [4.69, 9.17) is 0 Å². The maximum Gasteiger partial charge on any atom is 0.244 e. The molecule has 0 saturated carbocycles. The van der Waals surface area contributed by atoms with Crippen LogP contribution in [0.5, 0.6) is 0 Å². The fourth-order valence-electron chi connectivity index (χ4n) is 1.90. The van der Waals surface area contributed by atoms with Crippen LogP contribution in [0.1, 0.15) is 25.8 Å². The van der Waals surface area contributed by atoms with Gasteiger partial charge >= 0.3 is 0 Å². The van der Waals surface area contributed by atoms with Gasteiger partial charge in [-0.3, -0.25) is 4.79 Å². The van der Waals surface area contributed by atoms with Crippen molar-refractivity contribution in [3.63, 3.8) is 0 Å². The maximum absolute atomic E-state index is 11.9. The molecule has 0 heterocycles. The summed E-state index contributed by atoms with van der Waals surface area (Å²) in [4.78, 5) is 11.9. The van der Waals surface area contributed by atoms with Gasteiger partial charge in [-0.05, 0) is 29.7 Å². The van der Waals surface area contributed by atoms with Gasteiger partial charge in [0.05, 0.1) is 6.42 Å². The Bertz CT molecular complexity index is 612. The summed E-state index contributed by atoms with van der Waals surface area (Å²) in [5.74, 6) is -0.0795. The average molecular weight is 254 g/mol. The quantitative estimate of drug-likeness (QED) is 0.660. The molecule has 2 rings (SSSR count). The molecule has 1 N–H and O–H groups in total. The molecule has 0 fully saturated rings. The van der Waals surface area contributed by atoms with Crippen molar-refractivity contribution in [3.05, 3.63) is 48.0 Å². The third kappa shape index (κ3) is 3.41. The van der Waals surface area contributed by atoms with E-state index < -0.39 is 0 Å². The molecule has 0 unspecified atom stereocenters. The number of hydrazone groups is 1. The number of nitrogens with one attached hydrogen (secondary N) is 1. The van der Waals surface area contributed by atoms with Crippen LogP contribution < -0.4 is 5.43 Å². The average Bonchev–Trinajstić information content (AvgIpc) is 2.45. The summed E-state index contributed by atoms with van der Waals surface area (Å²) in [7, 11) is 0. The van der Waals surface area contributed by atoms with Crippen LogP contribution in [-0.2, 0) is 11.2 Å². The SMILES string of the molecule is CCC(C)=NNC(=O)Cc1cccc2ccccc12. The van der Waals surface area contributed by atoms with Gasteiger partial charge in [-0.1, -0.05) is 49.4 Å². The zero-order valence-electron chi connectivity index (χ0n) is 11.3. The van der Waals surface area contributed by atoms with Gasteiger partial charge in [-0.25, -0.2) is 5.43 Å². The highest BCUT2D eigenvalue weighted by Crippen LogP contribution is 2.18. The van der Waals surface area contributed by atoms with Crippen LogP contribution in [0.2, 0.25) is 0 Å². The molecule has 0 aromatic heterocycles. The molecule has 3 nitrogen and oxygen atoms in total. The summed E-state index contributed by atoms with van der Waals surface area (Å²) >= 11 is 0. The van der Waals surface area contributed by atoms with E-state index in [0.717, 1.165) is 28.5 Å². The van der Waals surface area contributed by atoms with Gasteiger partial charge in [0.25, 0.3) is 0 Å². The van der Waals surface area contributed by atoms with Crippen LogP contribution in [0, 0.1) is 0 Å². The van der Waals surface area contributed by atoms with E-state index in [1.54, 1.807) is 0 Å². The van der Waals surface area contributed by atoms with Gasteiger partial charge in [-0.2, -0.15) is 5.10 Å². The second-order valence-corrected chi connectivity index (χ2v) is 4.55. The van der Waals surface area contributed by atoms with Crippen LogP contribution >= 0.6 is 0 Å². The Morgan fingerprint density at radius 1 is 1.16 bits per heavy atom. The standard InChI is InChI=1S/C16H18N2O/c1-3-12(2)17-18-16(19)11-14-9-6-8-13-7-4-5-10-15(13)14/h4-10H,3,11H2,1-2H3,(H,18,19). The predicted molar refractivity (Wildman–Crippen MR) is 79.2 cm³/mol. The summed E-state index contributed by atoms with van der Waals surface area (Å²) in [6.07, 6.45) is 1.19. The summed E-state index contributed by atoms with van der Waals surface area (Å²) in [6, 6.07) is 14.1. The van der Waals surface area contributed by atoms with Crippen molar-refractivity contribution in [1.82, 2.24) is 5.43 Å². The summed E-state index contributed by atoms with van der Waals surface area (Å²) in [5, 5.41) is 6.31. The summed E-state index contributed by atoms with van der Waals surface area (Å²) < 4.78 is 0. The van der Waals surface area contributed by atoms with E-state index >= 15 is 0 Å². The van der Waals surface area contributed by atoms with Gasteiger partial charge in [-0.15, -0.1) is 0 Å². The molecular weight excluding hydrogens is 236 g/mol. The third-order valence-electron chi connectivity index (χ3n) is 3.11. The van der Waals surface area contributed by atoms with Gasteiger partial charge < -0.3 is 0 Å². The van der Waals surface area contributed by atoms with Crippen LogP contribution in [-0.4, -0.2) is 11.6 Å². The van der Waals surface area contributed by atoms with Gasteiger partial charge in [0, 0.05) is 5.71 Å². The molecule has 2 aromatic carbocycles. The predicted octanol–water partition coefficient (Wildman–Crippen LogP) is 3.28. The van der Waals surface area contributed by atoms with Gasteiger partial charge in [0.2, 0.25) is 5.91 Å². The fraction of sp³-hybridized carbons (Fsp3) is 0.250. The minimum Gasteiger partial charge on any atom is -0.273 e. The first-order chi connectivity index (χ1) is 9.20. The highest BCUT2D eigenvalue weighted by molar-refractivity contribution is 5.90. The van der Waals surface area contributed by atoms with E-state index in [0.29, 0.717) is 6.42 Å². The van der Waals surface area contributed by atoms with E-state index in [1.165, 1.54) is 0 Å². The molecule has 0 aliphatic carbocycles. The molecule has 19 heavy (non-hydrogen) atoms. The number of hydrogen-bond donors (Lipinski definition) is 1. The van der Waals surface area contributed by atoms with E-state index in [1.807, 2.05) is 44.2 Å². The Kier molecular flexibility index (Phi) is 4.29. The monoisotopic (exact) mass is 254 g/mol. The minimum absolute atomic E-state index is 0.0795. The first-order valence-electron chi connectivity index (χ1n) is 6.49. The second kappa shape index (κ2) is 6.14. The highest BCUT2D eigenvalue weighted by Gasteiger charge is 2.05. The van der Waals surface area contributed by atoms with Crippen molar-refractivity contribution in [2.45, 2.75) is 26.7 Å². The number of rotatable bonds is 4. The largest absolute Gasteiger partial charge is 0.273 e. The molecule has 3 heteroatoms. The van der Waals surface area contributed by atoms with Crippen molar-refractivity contribution >= 4 is 22.4 Å². The topological polar surface area (TPSA) is 41.5 Å². The Balaban J connectivity index is 2.15. The van der Waals surface area contributed by atoms with Crippen molar-refractivity contribution in [1.29, 1.82) is 0 Å². The van der Waals surface area contributed by atoms with Crippen LogP contribution in [0.4, 0.5) is 0 Å². The Morgan fingerprint density at radius 2 is 1.89 bits per heavy atom. The molecule has 98 valence electrons. The lowest BCUT2D eigenvalue weighted by Crippen LogP contribution is -2.21. The van der Waals surface area contributed by atoms with Crippen molar-refractivity contribution in [3.8, 4) is 0 Å². The van der Waals surface area contributed by atoms with E-state index in [2.05, 4.69) is 22.7 Å². The number of hydrogen-bond acceptors (Lipinski definition) is 2. The third-order valence-corrected chi connectivity index (χ3v) is 3.11. The van der Waals surface area contributed by atoms with Crippen LogP contribution in [0.3, 0.4) is 0 Å². The number of amides is 1. The van der Waals surface area contributed by atoms with Crippen molar-refractivity contribution in [2.24, 2.45) is 5.10 Å². The van der Waals surface area contributed by atoms with Gasteiger partial charge in [0.15, 0.2) is 0 Å². The molecule has 0 atom stereocenters. The van der Waals surface area contributed by atoms with Crippen LogP contribution in [0.15, 0.2) is 47.6 Å². The maximum atomic E-state index is 11.9. The van der Waals surface area contributed by atoms with E-state index in [-0.39, 0.29) is 5.91 Å². The molecule has 0 aliphatic heterocycles. The number of carbonyl (C=O) groups is 1. The molecule has 0 bridgehead atoms. The molecule has 0 radical (unpaired) electrons. The first kappa shape index (κ1) is 13.3. The molecule has 1 amide bonds. The molecule has 0 saturated heterocycles. The highest BCUT2D eigenvalue weighted by atomic mass is 16.2. The van der Waals surface area contributed by atoms with Gasteiger partial charge in [0.1, 0.15) is 0 Å². The Labute approximate surface area is 113 Å². The lowest BCUT2D eigenvalue weighted by molar-refractivity contribution is -0.120. The van der Waals surface area contributed by atoms with Crippen molar-refractivity contribution in [2.75, 3.05) is 0 Å². The molecular formula is C16H18N2O. The second-order valence-electron chi connectivity index (χ2n) is 4.55.